The van der Waals surface area contributed by atoms with Gasteiger partial charge in [0.15, 0.2) is 0 Å². The monoisotopic (exact) mass is 453 g/mol. The van der Waals surface area contributed by atoms with E-state index < -0.39 is 0 Å². The van der Waals surface area contributed by atoms with Crippen LogP contribution in [0.5, 0.6) is 0 Å². The van der Waals surface area contributed by atoms with Gasteiger partial charge in [0, 0.05) is 62.6 Å². The summed E-state index contributed by atoms with van der Waals surface area (Å²) in [4.78, 5) is 22.6. The minimum atomic E-state index is -0.0669. The normalized spacial score (nSPS) is 14.4. The van der Waals surface area contributed by atoms with Crippen LogP contribution in [-0.2, 0) is 13.1 Å². The van der Waals surface area contributed by atoms with Crippen LogP contribution in [0.1, 0.15) is 28.4 Å². The maximum Gasteiger partial charge on any atom is 0.253 e. The molecule has 174 valence electrons. The van der Waals surface area contributed by atoms with E-state index in [9.17, 15) is 4.79 Å². The zero-order valence-electron chi connectivity index (χ0n) is 19.7. The summed E-state index contributed by atoms with van der Waals surface area (Å²) >= 11 is 0. The van der Waals surface area contributed by atoms with Gasteiger partial charge in [-0.25, -0.2) is 4.98 Å². The first-order valence-corrected chi connectivity index (χ1v) is 12.0. The summed E-state index contributed by atoms with van der Waals surface area (Å²) in [5.41, 5.74) is 3.96. The fourth-order valence-corrected chi connectivity index (χ4v) is 4.62. The van der Waals surface area contributed by atoms with Crippen LogP contribution in [0.4, 0.5) is 5.82 Å². The Morgan fingerprint density at radius 1 is 0.912 bits per heavy atom. The number of aromatic nitrogens is 2. The third kappa shape index (κ3) is 4.82. The quantitative estimate of drug-likeness (QED) is 0.457. The van der Waals surface area contributed by atoms with Gasteiger partial charge in [-0.15, -0.1) is 0 Å². The average molecular weight is 454 g/mol. The van der Waals surface area contributed by atoms with Crippen LogP contribution < -0.4 is 10.2 Å². The second-order valence-electron chi connectivity index (χ2n) is 8.80. The molecule has 3 heterocycles. The topological polar surface area (TPSA) is 53.4 Å². The van der Waals surface area contributed by atoms with E-state index in [0.29, 0.717) is 12.1 Å². The van der Waals surface area contributed by atoms with E-state index >= 15 is 0 Å². The molecule has 5 rings (SSSR count). The molecule has 0 radical (unpaired) electrons. The number of nitrogens with one attached hydrogen (secondary N) is 1. The molecule has 6 heteroatoms. The number of hydrogen-bond acceptors (Lipinski definition) is 4. The molecule has 0 aliphatic carbocycles. The predicted molar refractivity (Wildman–Crippen MR) is 137 cm³/mol. The van der Waals surface area contributed by atoms with E-state index in [1.165, 1.54) is 5.56 Å². The Kier molecular flexibility index (Phi) is 6.58. The van der Waals surface area contributed by atoms with Gasteiger partial charge in [0.2, 0.25) is 0 Å². The summed E-state index contributed by atoms with van der Waals surface area (Å²) in [6.07, 6.45) is 3.84. The van der Waals surface area contributed by atoms with E-state index in [2.05, 4.69) is 61.9 Å². The Balaban J connectivity index is 1.25. The fourth-order valence-electron chi connectivity index (χ4n) is 4.62. The number of pyridine rings is 1. The highest BCUT2D eigenvalue weighted by atomic mass is 16.1. The molecule has 1 amide bonds. The van der Waals surface area contributed by atoms with E-state index in [1.807, 2.05) is 48.8 Å². The summed E-state index contributed by atoms with van der Waals surface area (Å²) in [7, 11) is 0. The number of likely N-dealkylation sites (N-methyl/N-ethyl adjacent to an activating group) is 1. The van der Waals surface area contributed by atoms with Crippen LogP contribution >= 0.6 is 0 Å². The number of amides is 1. The molecule has 4 aromatic rings. The Bertz CT molecular complexity index is 1240. The molecule has 1 saturated heterocycles. The molecular weight excluding hydrogens is 422 g/mol. The number of piperazine rings is 1. The van der Waals surface area contributed by atoms with Crippen LogP contribution in [0.3, 0.4) is 0 Å². The van der Waals surface area contributed by atoms with Crippen molar-refractivity contribution in [3.8, 4) is 0 Å². The van der Waals surface area contributed by atoms with Crippen molar-refractivity contribution in [2.75, 3.05) is 37.6 Å². The lowest BCUT2D eigenvalue weighted by molar-refractivity contribution is 0.0952. The highest BCUT2D eigenvalue weighted by Crippen LogP contribution is 2.23. The Morgan fingerprint density at radius 2 is 1.68 bits per heavy atom. The molecule has 0 spiro atoms. The van der Waals surface area contributed by atoms with E-state index in [4.69, 9.17) is 0 Å². The molecule has 1 aliphatic rings. The third-order valence-electron chi connectivity index (χ3n) is 6.63. The molecule has 0 bridgehead atoms. The summed E-state index contributed by atoms with van der Waals surface area (Å²) in [5.74, 6) is 0.942. The highest BCUT2D eigenvalue weighted by molar-refractivity contribution is 6.07. The fraction of sp³-hybridized carbons (Fsp3) is 0.286. The van der Waals surface area contributed by atoms with E-state index in [0.717, 1.165) is 61.6 Å². The number of carbonyl (C=O) groups is 1. The van der Waals surface area contributed by atoms with Gasteiger partial charge in [-0.1, -0.05) is 61.5 Å². The van der Waals surface area contributed by atoms with E-state index in [-0.39, 0.29) is 5.91 Å². The van der Waals surface area contributed by atoms with Crippen molar-refractivity contribution in [2.45, 2.75) is 20.0 Å². The lowest BCUT2D eigenvalue weighted by Crippen LogP contribution is -2.46. The maximum atomic E-state index is 13.1. The first kappa shape index (κ1) is 22.2. The van der Waals surface area contributed by atoms with Crippen molar-refractivity contribution in [1.29, 1.82) is 0 Å². The zero-order valence-corrected chi connectivity index (χ0v) is 19.7. The van der Waals surface area contributed by atoms with Crippen molar-refractivity contribution in [1.82, 2.24) is 19.8 Å². The molecule has 0 atom stereocenters. The van der Waals surface area contributed by atoms with Gasteiger partial charge in [-0.05, 0) is 29.8 Å². The van der Waals surface area contributed by atoms with Crippen molar-refractivity contribution in [2.24, 2.45) is 0 Å². The summed E-state index contributed by atoms with van der Waals surface area (Å²) in [6, 6.07) is 22.5. The van der Waals surface area contributed by atoms with Crippen LogP contribution in [0.2, 0.25) is 0 Å². The van der Waals surface area contributed by atoms with E-state index in [1.54, 1.807) is 0 Å². The lowest BCUT2D eigenvalue weighted by Gasteiger charge is -2.34. The molecule has 34 heavy (non-hydrogen) atoms. The van der Waals surface area contributed by atoms with Gasteiger partial charge >= 0.3 is 0 Å². The predicted octanol–water partition coefficient (Wildman–Crippen LogP) is 4.16. The molecule has 0 saturated carbocycles. The van der Waals surface area contributed by atoms with Gasteiger partial charge in [0.05, 0.1) is 5.56 Å². The molecule has 1 aliphatic heterocycles. The maximum absolute atomic E-state index is 13.1. The first-order valence-electron chi connectivity index (χ1n) is 12.0. The second kappa shape index (κ2) is 10.1. The molecule has 6 nitrogen and oxygen atoms in total. The van der Waals surface area contributed by atoms with Crippen molar-refractivity contribution >= 4 is 22.6 Å². The van der Waals surface area contributed by atoms with Crippen LogP contribution in [0, 0.1) is 0 Å². The Morgan fingerprint density at radius 3 is 2.41 bits per heavy atom. The Labute approximate surface area is 200 Å². The molecule has 0 unspecified atom stereocenters. The van der Waals surface area contributed by atoms with Crippen LogP contribution in [0.15, 0.2) is 79.1 Å². The molecule has 2 aromatic carbocycles. The largest absolute Gasteiger partial charge is 0.354 e. The number of carbonyl (C=O) groups excluding carboxylic acids is 1. The number of nitrogens with zero attached hydrogens (tertiary/aromatic N) is 4. The summed E-state index contributed by atoms with van der Waals surface area (Å²) in [6.45, 7) is 8.65. The minimum absolute atomic E-state index is 0.0669. The smallest absolute Gasteiger partial charge is 0.253 e. The molecule has 2 aromatic heterocycles. The SMILES string of the molecule is CCN1CCN(c2ccc(CNC(=O)c3cn(Cc4ccccc4)c4ccccc34)cn2)CC1. The minimum Gasteiger partial charge on any atom is -0.354 e. The lowest BCUT2D eigenvalue weighted by atomic mass is 10.1. The van der Waals surface area contributed by atoms with Crippen LogP contribution in [0.25, 0.3) is 10.9 Å². The summed E-state index contributed by atoms with van der Waals surface area (Å²) in [5, 5.41) is 4.05. The number of para-hydroxylation sites is 1. The van der Waals surface area contributed by atoms with Gasteiger partial charge in [0.25, 0.3) is 5.91 Å². The number of anilines is 1. The highest BCUT2D eigenvalue weighted by Gasteiger charge is 2.17. The number of hydrogen-bond donors (Lipinski definition) is 1. The van der Waals surface area contributed by atoms with Gasteiger partial charge in [-0.2, -0.15) is 0 Å². The van der Waals surface area contributed by atoms with Crippen molar-refractivity contribution in [3.05, 3.63) is 95.8 Å². The molecular formula is C28H31N5O. The Hall–Kier alpha value is -3.64. The number of benzene rings is 2. The first-order chi connectivity index (χ1) is 16.7. The second-order valence-corrected chi connectivity index (χ2v) is 8.80. The zero-order chi connectivity index (χ0) is 23.3. The van der Waals surface area contributed by atoms with Crippen molar-refractivity contribution < 1.29 is 4.79 Å². The standard InChI is InChI=1S/C28H31N5O/c1-2-31-14-16-32(17-15-31)27-13-12-23(18-29-27)19-30-28(34)25-21-33(20-22-8-4-3-5-9-22)26-11-7-6-10-24(25)26/h3-13,18,21H,2,14-17,19-20H2,1H3,(H,30,34). The summed E-state index contributed by atoms with van der Waals surface area (Å²) < 4.78 is 2.15. The number of fused-ring (bicyclic) bond motifs is 1. The average Bonchev–Trinajstić information content (AvgIpc) is 3.27. The van der Waals surface area contributed by atoms with Gasteiger partial charge in [0.1, 0.15) is 5.82 Å². The number of rotatable bonds is 7. The van der Waals surface area contributed by atoms with Crippen molar-refractivity contribution in [3.63, 3.8) is 0 Å². The third-order valence-corrected chi connectivity index (χ3v) is 6.63. The van der Waals surface area contributed by atoms with Gasteiger partial charge < -0.3 is 19.7 Å². The van der Waals surface area contributed by atoms with Gasteiger partial charge in [-0.3, -0.25) is 4.79 Å². The molecule has 1 fully saturated rings. The molecule has 1 N–H and O–H groups in total. The van der Waals surface area contributed by atoms with Crippen LogP contribution in [-0.4, -0.2) is 53.1 Å².